The maximum Gasteiger partial charge on any atom is 0.270 e. The number of amides is 1. The van der Waals surface area contributed by atoms with Crippen molar-refractivity contribution in [1.82, 2.24) is 10.3 Å². The van der Waals surface area contributed by atoms with E-state index in [1.165, 1.54) is 12.1 Å². The van der Waals surface area contributed by atoms with Gasteiger partial charge in [0.2, 0.25) is 0 Å². The minimum Gasteiger partial charge on any atom is -0.489 e. The van der Waals surface area contributed by atoms with Crippen LogP contribution in [0.5, 0.6) is 5.75 Å². The van der Waals surface area contributed by atoms with Crippen molar-refractivity contribution >= 4 is 17.3 Å². The molecule has 1 amide bonds. The highest BCUT2D eigenvalue weighted by Gasteiger charge is 2.20. The molecule has 0 aliphatic carbocycles. The Bertz CT molecular complexity index is 1050. The zero-order valence-corrected chi connectivity index (χ0v) is 17.6. The molecule has 0 fully saturated rings. The number of aromatic nitrogens is 1. The Morgan fingerprint density at radius 2 is 1.94 bits per heavy atom. The minimum atomic E-state index is -0.510. The summed E-state index contributed by atoms with van der Waals surface area (Å²) >= 11 is 0. The van der Waals surface area contributed by atoms with E-state index in [2.05, 4.69) is 10.3 Å². The van der Waals surface area contributed by atoms with E-state index >= 15 is 0 Å². The number of ether oxygens (including phenoxy) is 1. The second-order valence-corrected chi connectivity index (χ2v) is 7.27. The molecule has 31 heavy (non-hydrogen) atoms. The molecule has 3 rings (SSSR count). The normalized spacial score (nSPS) is 11.5. The SMILES string of the molecule is CC(NC(=O)c1cc([N+](=O)[O-])ccc1N(C)C)c1ccc(OCc2cccnc2)cc1. The molecule has 8 heteroatoms. The number of carbonyl (C=O) groups is 1. The summed E-state index contributed by atoms with van der Waals surface area (Å²) in [7, 11) is 3.57. The molecule has 0 saturated carbocycles. The Labute approximate surface area is 180 Å². The topological polar surface area (TPSA) is 97.6 Å². The molecule has 8 nitrogen and oxygen atoms in total. The van der Waals surface area contributed by atoms with Gasteiger partial charge in [-0.05, 0) is 36.8 Å². The van der Waals surface area contributed by atoms with Gasteiger partial charge in [-0.2, -0.15) is 0 Å². The fourth-order valence-electron chi connectivity index (χ4n) is 3.07. The van der Waals surface area contributed by atoms with E-state index in [4.69, 9.17) is 4.74 Å². The zero-order valence-electron chi connectivity index (χ0n) is 17.6. The van der Waals surface area contributed by atoms with Crippen molar-refractivity contribution in [1.29, 1.82) is 0 Å². The first-order chi connectivity index (χ1) is 14.8. The number of carbonyl (C=O) groups excluding carboxylic acids is 1. The van der Waals surface area contributed by atoms with Crippen LogP contribution in [0.2, 0.25) is 0 Å². The fourth-order valence-corrected chi connectivity index (χ4v) is 3.07. The van der Waals surface area contributed by atoms with Crippen LogP contribution in [-0.2, 0) is 6.61 Å². The molecule has 1 unspecified atom stereocenters. The highest BCUT2D eigenvalue weighted by atomic mass is 16.6. The molecular formula is C23H24N4O4. The first-order valence-electron chi connectivity index (χ1n) is 9.73. The lowest BCUT2D eigenvalue weighted by Gasteiger charge is -2.19. The second kappa shape index (κ2) is 9.71. The number of hydrogen-bond acceptors (Lipinski definition) is 6. The maximum atomic E-state index is 12.9. The average Bonchev–Trinajstić information content (AvgIpc) is 2.78. The van der Waals surface area contributed by atoms with Gasteiger partial charge in [-0.3, -0.25) is 19.9 Å². The number of nitro benzene ring substituents is 1. The molecule has 0 aliphatic rings. The maximum absolute atomic E-state index is 12.9. The van der Waals surface area contributed by atoms with Crippen molar-refractivity contribution < 1.29 is 14.5 Å². The Hall–Kier alpha value is -3.94. The monoisotopic (exact) mass is 420 g/mol. The predicted octanol–water partition coefficient (Wildman–Crippen LogP) is 4.13. The summed E-state index contributed by atoms with van der Waals surface area (Å²) in [5.74, 6) is 0.330. The summed E-state index contributed by atoms with van der Waals surface area (Å²) < 4.78 is 5.76. The molecule has 0 radical (unpaired) electrons. The summed E-state index contributed by atoms with van der Waals surface area (Å²) in [6, 6.07) is 15.2. The molecule has 3 aromatic rings. The van der Waals surface area contributed by atoms with E-state index < -0.39 is 4.92 Å². The van der Waals surface area contributed by atoms with Crippen molar-refractivity contribution in [2.24, 2.45) is 0 Å². The van der Waals surface area contributed by atoms with Gasteiger partial charge in [-0.1, -0.05) is 18.2 Å². The van der Waals surface area contributed by atoms with Gasteiger partial charge in [0.05, 0.1) is 16.5 Å². The lowest BCUT2D eigenvalue weighted by Crippen LogP contribution is -2.28. The average molecular weight is 420 g/mol. The molecule has 1 atom stereocenters. The van der Waals surface area contributed by atoms with Crippen LogP contribution in [0.25, 0.3) is 0 Å². The molecule has 1 N–H and O–H groups in total. The first-order valence-corrected chi connectivity index (χ1v) is 9.73. The smallest absolute Gasteiger partial charge is 0.270 e. The van der Waals surface area contributed by atoms with Crippen LogP contribution in [0.1, 0.15) is 34.5 Å². The predicted molar refractivity (Wildman–Crippen MR) is 118 cm³/mol. The van der Waals surface area contributed by atoms with Crippen molar-refractivity contribution in [3.05, 3.63) is 93.8 Å². The minimum absolute atomic E-state index is 0.126. The molecule has 0 saturated heterocycles. The van der Waals surface area contributed by atoms with E-state index in [1.807, 2.05) is 43.3 Å². The summed E-state index contributed by atoms with van der Waals surface area (Å²) in [6.45, 7) is 2.27. The number of anilines is 1. The summed E-state index contributed by atoms with van der Waals surface area (Å²) in [5, 5.41) is 14.0. The number of non-ortho nitro benzene ring substituents is 1. The molecule has 0 aliphatic heterocycles. The van der Waals surface area contributed by atoms with Crippen LogP contribution in [0.4, 0.5) is 11.4 Å². The van der Waals surface area contributed by atoms with Crippen LogP contribution in [0, 0.1) is 10.1 Å². The molecule has 160 valence electrons. The Morgan fingerprint density at radius 3 is 2.55 bits per heavy atom. The van der Waals surface area contributed by atoms with Crippen LogP contribution < -0.4 is 15.0 Å². The van der Waals surface area contributed by atoms with Crippen LogP contribution in [0.15, 0.2) is 67.0 Å². The lowest BCUT2D eigenvalue weighted by molar-refractivity contribution is -0.384. The highest BCUT2D eigenvalue weighted by Crippen LogP contribution is 2.25. The van der Waals surface area contributed by atoms with Crippen molar-refractivity contribution in [3.63, 3.8) is 0 Å². The number of nitro groups is 1. The third-order valence-electron chi connectivity index (χ3n) is 4.77. The number of benzene rings is 2. The third-order valence-corrected chi connectivity index (χ3v) is 4.77. The van der Waals surface area contributed by atoms with Crippen LogP contribution >= 0.6 is 0 Å². The summed E-state index contributed by atoms with van der Waals surface area (Å²) in [4.78, 5) is 29.3. The Balaban J connectivity index is 1.68. The van der Waals surface area contributed by atoms with Crippen molar-refractivity contribution in [2.45, 2.75) is 19.6 Å². The number of pyridine rings is 1. The number of nitrogens with zero attached hydrogens (tertiary/aromatic N) is 3. The molecule has 1 heterocycles. The van der Waals surface area contributed by atoms with Crippen LogP contribution in [-0.4, -0.2) is 29.9 Å². The van der Waals surface area contributed by atoms with Gasteiger partial charge in [0, 0.05) is 49.9 Å². The highest BCUT2D eigenvalue weighted by molar-refractivity contribution is 6.00. The summed E-state index contributed by atoms with van der Waals surface area (Å²) in [6.07, 6.45) is 3.46. The molecular weight excluding hydrogens is 396 g/mol. The second-order valence-electron chi connectivity index (χ2n) is 7.27. The number of rotatable bonds is 8. The van der Waals surface area contributed by atoms with Gasteiger partial charge in [0.25, 0.3) is 11.6 Å². The van der Waals surface area contributed by atoms with Crippen molar-refractivity contribution in [2.75, 3.05) is 19.0 Å². The fraction of sp³-hybridized carbons (Fsp3) is 0.217. The van der Waals surface area contributed by atoms with E-state index in [1.54, 1.807) is 37.5 Å². The molecule has 0 bridgehead atoms. The number of hydrogen-bond donors (Lipinski definition) is 1. The number of nitrogens with one attached hydrogen (secondary N) is 1. The lowest BCUT2D eigenvalue weighted by atomic mass is 10.1. The Morgan fingerprint density at radius 1 is 1.19 bits per heavy atom. The van der Waals surface area contributed by atoms with Gasteiger partial charge in [0.1, 0.15) is 12.4 Å². The summed E-state index contributed by atoms with van der Waals surface area (Å²) in [5.41, 5.74) is 2.59. The standard InChI is InChI=1S/C23H24N4O4/c1-16(18-6-9-20(10-7-18)31-15-17-5-4-12-24-14-17)25-23(28)21-13-19(27(29)30)8-11-22(21)26(2)3/h4-14,16H,15H2,1-3H3,(H,25,28). The van der Waals surface area contributed by atoms with E-state index in [0.29, 0.717) is 18.0 Å². The van der Waals surface area contributed by atoms with Gasteiger partial charge < -0.3 is 15.0 Å². The molecule has 2 aromatic carbocycles. The zero-order chi connectivity index (χ0) is 22.4. The van der Waals surface area contributed by atoms with Gasteiger partial charge in [-0.15, -0.1) is 0 Å². The van der Waals surface area contributed by atoms with Crippen molar-refractivity contribution in [3.8, 4) is 5.75 Å². The Kier molecular flexibility index (Phi) is 6.81. The quantitative estimate of drug-likeness (QED) is 0.435. The van der Waals surface area contributed by atoms with Gasteiger partial charge >= 0.3 is 0 Å². The molecule has 0 spiro atoms. The molecule has 1 aromatic heterocycles. The van der Waals surface area contributed by atoms with E-state index in [0.717, 1.165) is 11.1 Å². The van der Waals surface area contributed by atoms with E-state index in [-0.39, 0.29) is 23.2 Å². The largest absolute Gasteiger partial charge is 0.489 e. The van der Waals surface area contributed by atoms with E-state index in [9.17, 15) is 14.9 Å². The first kappa shape index (κ1) is 21.8. The third kappa shape index (κ3) is 5.57. The van der Waals surface area contributed by atoms with Gasteiger partial charge in [-0.25, -0.2) is 0 Å². The van der Waals surface area contributed by atoms with Gasteiger partial charge in [0.15, 0.2) is 0 Å². The van der Waals surface area contributed by atoms with Crippen LogP contribution in [0.3, 0.4) is 0 Å².